The first-order chi connectivity index (χ1) is 7.63. The molecule has 1 N–H and O–H groups in total. The highest BCUT2D eigenvalue weighted by molar-refractivity contribution is 9.10. The predicted octanol–water partition coefficient (Wildman–Crippen LogP) is 2.65. The van der Waals surface area contributed by atoms with Gasteiger partial charge in [0.15, 0.2) is 0 Å². The second-order valence-corrected chi connectivity index (χ2v) is 4.84. The third-order valence-electron chi connectivity index (χ3n) is 3.09. The maximum absolute atomic E-state index is 11.0. The lowest BCUT2D eigenvalue weighted by Crippen LogP contribution is -2.22. The van der Waals surface area contributed by atoms with Crippen molar-refractivity contribution in [2.24, 2.45) is 5.92 Å². The van der Waals surface area contributed by atoms with Crippen molar-refractivity contribution in [2.45, 2.75) is 19.3 Å². The molecule has 0 bridgehead atoms. The summed E-state index contributed by atoms with van der Waals surface area (Å²) in [5, 5.41) is 9.04. The van der Waals surface area contributed by atoms with Gasteiger partial charge >= 0.3 is 5.97 Å². The number of halogens is 1. The molecule has 0 heterocycles. The molecule has 16 heavy (non-hydrogen) atoms. The second kappa shape index (κ2) is 4.45. The van der Waals surface area contributed by atoms with Gasteiger partial charge < -0.3 is 9.84 Å². The number of carbonyl (C=O) groups is 1. The number of aliphatic carboxylic acids is 1. The monoisotopic (exact) mass is 284 g/mol. The van der Waals surface area contributed by atoms with E-state index in [4.69, 9.17) is 9.84 Å². The van der Waals surface area contributed by atoms with Crippen molar-refractivity contribution in [1.29, 1.82) is 0 Å². The predicted molar refractivity (Wildman–Crippen MR) is 63.8 cm³/mol. The summed E-state index contributed by atoms with van der Waals surface area (Å²) in [6.45, 7) is 0. The molecular formula is C12H13BrO3. The van der Waals surface area contributed by atoms with Gasteiger partial charge in [0.2, 0.25) is 0 Å². The number of hydrogen-bond acceptors (Lipinski definition) is 2. The maximum atomic E-state index is 11.0. The molecule has 3 nitrogen and oxygen atoms in total. The van der Waals surface area contributed by atoms with Gasteiger partial charge in [0, 0.05) is 4.47 Å². The van der Waals surface area contributed by atoms with E-state index in [1.807, 2.05) is 12.1 Å². The molecule has 2 rings (SSSR count). The van der Waals surface area contributed by atoms with Crippen LogP contribution in [0, 0.1) is 5.92 Å². The summed E-state index contributed by atoms with van der Waals surface area (Å²) in [4.78, 5) is 11.0. The summed E-state index contributed by atoms with van der Waals surface area (Å²) < 4.78 is 6.33. The van der Waals surface area contributed by atoms with E-state index < -0.39 is 5.97 Å². The van der Waals surface area contributed by atoms with Crippen LogP contribution in [-0.2, 0) is 17.6 Å². The van der Waals surface area contributed by atoms with Crippen molar-refractivity contribution in [3.05, 3.63) is 27.7 Å². The van der Waals surface area contributed by atoms with Crippen molar-refractivity contribution < 1.29 is 14.6 Å². The standard InChI is InChI=1S/C12H13BrO3/c1-16-11-5-4-10(13)8-3-2-7(12(14)15)6-9(8)11/h4-5,7H,2-3,6H2,1H3,(H,14,15)/t7-/m0/s1. The van der Waals surface area contributed by atoms with Crippen molar-refractivity contribution in [3.63, 3.8) is 0 Å². The number of carboxylic acids is 1. The van der Waals surface area contributed by atoms with Crippen molar-refractivity contribution in [1.82, 2.24) is 0 Å². The summed E-state index contributed by atoms with van der Waals surface area (Å²) in [5.74, 6) is -0.201. The molecule has 1 aromatic rings. The molecule has 0 saturated carbocycles. The Kier molecular flexibility index (Phi) is 3.19. The van der Waals surface area contributed by atoms with Gasteiger partial charge in [-0.15, -0.1) is 0 Å². The fraction of sp³-hybridized carbons (Fsp3) is 0.417. The smallest absolute Gasteiger partial charge is 0.306 e. The lowest BCUT2D eigenvalue weighted by atomic mass is 9.83. The average molecular weight is 285 g/mol. The highest BCUT2D eigenvalue weighted by Gasteiger charge is 2.27. The molecule has 1 aliphatic rings. The molecule has 0 unspecified atom stereocenters. The Balaban J connectivity index is 2.42. The Bertz CT molecular complexity index is 429. The molecule has 4 heteroatoms. The van der Waals surface area contributed by atoms with E-state index in [-0.39, 0.29) is 5.92 Å². The molecule has 0 saturated heterocycles. The zero-order valence-electron chi connectivity index (χ0n) is 9.00. The molecule has 86 valence electrons. The molecule has 0 fully saturated rings. The highest BCUT2D eigenvalue weighted by Crippen LogP contribution is 2.36. The Morgan fingerprint density at radius 3 is 2.88 bits per heavy atom. The summed E-state index contributed by atoms with van der Waals surface area (Å²) >= 11 is 3.50. The normalized spacial score (nSPS) is 19.0. The lowest BCUT2D eigenvalue weighted by Gasteiger charge is -2.24. The first-order valence-corrected chi connectivity index (χ1v) is 6.00. The van der Waals surface area contributed by atoms with Crippen molar-refractivity contribution in [3.8, 4) is 5.75 Å². The molecule has 0 amide bonds. The maximum Gasteiger partial charge on any atom is 0.306 e. The van der Waals surface area contributed by atoms with E-state index >= 15 is 0 Å². The minimum atomic E-state index is -0.715. The van der Waals surface area contributed by atoms with Gasteiger partial charge in [0.05, 0.1) is 13.0 Å². The Hall–Kier alpha value is -1.03. The van der Waals surface area contributed by atoms with Gasteiger partial charge in [-0.25, -0.2) is 0 Å². The van der Waals surface area contributed by atoms with E-state index in [0.717, 1.165) is 22.2 Å². The SMILES string of the molecule is COc1ccc(Br)c2c1C[C@@H](C(=O)O)CC2. The fourth-order valence-electron chi connectivity index (χ4n) is 2.21. The summed E-state index contributed by atoms with van der Waals surface area (Å²) in [6, 6.07) is 3.84. The van der Waals surface area contributed by atoms with Crippen molar-refractivity contribution >= 4 is 21.9 Å². The van der Waals surface area contributed by atoms with E-state index in [0.29, 0.717) is 12.8 Å². The molecule has 1 aliphatic carbocycles. The third-order valence-corrected chi connectivity index (χ3v) is 3.84. The molecule has 1 aromatic carbocycles. The van der Waals surface area contributed by atoms with Crippen molar-refractivity contribution in [2.75, 3.05) is 7.11 Å². The number of benzene rings is 1. The Morgan fingerprint density at radius 2 is 2.25 bits per heavy atom. The quantitative estimate of drug-likeness (QED) is 0.908. The van der Waals surface area contributed by atoms with E-state index in [1.54, 1.807) is 7.11 Å². The molecular weight excluding hydrogens is 272 g/mol. The molecule has 0 radical (unpaired) electrons. The third kappa shape index (κ3) is 1.94. The number of ether oxygens (including phenoxy) is 1. The first-order valence-electron chi connectivity index (χ1n) is 5.20. The van der Waals surface area contributed by atoms with Crippen LogP contribution in [0.3, 0.4) is 0 Å². The number of fused-ring (bicyclic) bond motifs is 1. The highest BCUT2D eigenvalue weighted by atomic mass is 79.9. The Labute approximate surface area is 103 Å². The van der Waals surface area contributed by atoms with E-state index in [1.165, 1.54) is 5.56 Å². The molecule has 0 aliphatic heterocycles. The van der Waals surface area contributed by atoms with Crippen LogP contribution in [0.25, 0.3) is 0 Å². The molecule has 0 spiro atoms. The Morgan fingerprint density at radius 1 is 1.50 bits per heavy atom. The van der Waals surface area contributed by atoms with Crippen LogP contribution in [0.1, 0.15) is 17.5 Å². The van der Waals surface area contributed by atoms with Crippen LogP contribution >= 0.6 is 15.9 Å². The van der Waals surface area contributed by atoms with Crippen LogP contribution in [0.2, 0.25) is 0 Å². The number of rotatable bonds is 2. The number of carboxylic acid groups (broad SMARTS) is 1. The second-order valence-electron chi connectivity index (χ2n) is 3.98. The first kappa shape index (κ1) is 11.5. The summed E-state index contributed by atoms with van der Waals surface area (Å²) in [6.07, 6.45) is 2.06. The zero-order chi connectivity index (χ0) is 11.7. The summed E-state index contributed by atoms with van der Waals surface area (Å²) in [5.41, 5.74) is 2.23. The van der Waals surface area contributed by atoms with Crippen LogP contribution in [-0.4, -0.2) is 18.2 Å². The van der Waals surface area contributed by atoms with Gasteiger partial charge in [-0.05, 0) is 42.5 Å². The number of methoxy groups -OCH3 is 1. The van der Waals surface area contributed by atoms with Crippen LogP contribution < -0.4 is 4.74 Å². The van der Waals surface area contributed by atoms with Gasteiger partial charge in [0.1, 0.15) is 5.75 Å². The zero-order valence-corrected chi connectivity index (χ0v) is 10.6. The van der Waals surface area contributed by atoms with Gasteiger partial charge in [-0.2, -0.15) is 0 Å². The van der Waals surface area contributed by atoms with Crippen LogP contribution in [0.4, 0.5) is 0 Å². The molecule has 0 aromatic heterocycles. The van der Waals surface area contributed by atoms with Gasteiger partial charge in [-0.1, -0.05) is 15.9 Å². The average Bonchev–Trinajstić information content (AvgIpc) is 2.29. The van der Waals surface area contributed by atoms with E-state index in [2.05, 4.69) is 15.9 Å². The van der Waals surface area contributed by atoms with Crippen LogP contribution in [0.15, 0.2) is 16.6 Å². The van der Waals surface area contributed by atoms with E-state index in [9.17, 15) is 4.79 Å². The van der Waals surface area contributed by atoms with Crippen LogP contribution in [0.5, 0.6) is 5.75 Å². The molecule has 1 atom stereocenters. The lowest BCUT2D eigenvalue weighted by molar-refractivity contribution is -0.142. The van der Waals surface area contributed by atoms with Gasteiger partial charge in [-0.3, -0.25) is 4.79 Å². The van der Waals surface area contributed by atoms with Gasteiger partial charge in [0.25, 0.3) is 0 Å². The minimum absolute atomic E-state index is 0.282. The largest absolute Gasteiger partial charge is 0.496 e. The fourth-order valence-corrected chi connectivity index (χ4v) is 2.78. The summed E-state index contributed by atoms with van der Waals surface area (Å²) in [7, 11) is 1.62. The minimum Gasteiger partial charge on any atom is -0.496 e. The topological polar surface area (TPSA) is 46.5 Å². The number of hydrogen-bond donors (Lipinski definition) is 1.